The molecule has 0 saturated heterocycles. The molecule has 3 nitrogen and oxygen atoms in total. The number of halogens is 3. The Balaban J connectivity index is 2.19. The molecule has 20 heavy (non-hydrogen) atoms. The van der Waals surface area contributed by atoms with Crippen LogP contribution in [0.5, 0.6) is 5.75 Å². The van der Waals surface area contributed by atoms with Gasteiger partial charge < -0.3 is 9.84 Å². The third kappa shape index (κ3) is 3.16. The summed E-state index contributed by atoms with van der Waals surface area (Å²) < 4.78 is 32.3. The van der Waals surface area contributed by atoms with E-state index in [1.165, 1.54) is 12.1 Å². The van der Waals surface area contributed by atoms with Gasteiger partial charge in [-0.25, -0.2) is 9.18 Å². The zero-order chi connectivity index (χ0) is 14.9. The summed E-state index contributed by atoms with van der Waals surface area (Å²) in [6.45, 7) is 1.72. The Morgan fingerprint density at radius 3 is 2.70 bits per heavy atom. The summed E-state index contributed by atoms with van der Waals surface area (Å²) >= 11 is 4.16. The van der Waals surface area contributed by atoms with E-state index in [0.717, 1.165) is 22.3 Å². The number of carboxylic acid groups (broad SMARTS) is 1. The number of rotatable bonds is 4. The molecule has 0 aliphatic carbocycles. The summed E-state index contributed by atoms with van der Waals surface area (Å²) in [4.78, 5) is 11.8. The van der Waals surface area contributed by atoms with Crippen molar-refractivity contribution in [1.29, 1.82) is 0 Å². The molecule has 1 aromatic heterocycles. The van der Waals surface area contributed by atoms with Gasteiger partial charge in [-0.2, -0.15) is 4.39 Å². The van der Waals surface area contributed by atoms with E-state index in [1.807, 2.05) is 0 Å². The van der Waals surface area contributed by atoms with E-state index in [1.54, 1.807) is 6.92 Å². The van der Waals surface area contributed by atoms with Crippen molar-refractivity contribution < 1.29 is 23.4 Å². The van der Waals surface area contributed by atoms with Gasteiger partial charge in [0, 0.05) is 14.9 Å². The summed E-state index contributed by atoms with van der Waals surface area (Å²) in [6.07, 6.45) is 0. The molecule has 0 fully saturated rings. The lowest BCUT2D eigenvalue weighted by Crippen LogP contribution is -1.99. The minimum atomic E-state index is -1.07. The van der Waals surface area contributed by atoms with Crippen LogP contribution >= 0.6 is 27.3 Å². The second kappa shape index (κ2) is 5.88. The number of carboxylic acids is 1. The summed E-state index contributed by atoms with van der Waals surface area (Å²) in [7, 11) is 0. The van der Waals surface area contributed by atoms with Gasteiger partial charge in [-0.1, -0.05) is 15.9 Å². The molecular weight excluding hydrogens is 354 g/mol. The molecule has 0 aliphatic heterocycles. The van der Waals surface area contributed by atoms with Gasteiger partial charge in [-0.15, -0.1) is 11.3 Å². The first-order valence-corrected chi connectivity index (χ1v) is 7.09. The fourth-order valence-electron chi connectivity index (χ4n) is 1.56. The van der Waals surface area contributed by atoms with Crippen molar-refractivity contribution in [3.63, 3.8) is 0 Å². The van der Waals surface area contributed by atoms with Gasteiger partial charge in [0.2, 0.25) is 5.82 Å². The van der Waals surface area contributed by atoms with Gasteiger partial charge in [0.25, 0.3) is 0 Å². The molecule has 0 aliphatic rings. The van der Waals surface area contributed by atoms with E-state index >= 15 is 0 Å². The Morgan fingerprint density at radius 1 is 1.40 bits per heavy atom. The van der Waals surface area contributed by atoms with Crippen LogP contribution < -0.4 is 4.74 Å². The molecule has 2 rings (SSSR count). The van der Waals surface area contributed by atoms with Crippen molar-refractivity contribution in [3.8, 4) is 5.75 Å². The molecule has 0 amide bonds. The van der Waals surface area contributed by atoms with E-state index in [-0.39, 0.29) is 17.2 Å². The van der Waals surface area contributed by atoms with E-state index in [0.29, 0.717) is 10.0 Å². The van der Waals surface area contributed by atoms with Crippen LogP contribution in [-0.2, 0) is 6.61 Å². The van der Waals surface area contributed by atoms with Crippen molar-refractivity contribution >= 4 is 33.2 Å². The quantitative estimate of drug-likeness (QED) is 0.821. The molecule has 106 valence electrons. The normalized spacial score (nSPS) is 10.6. The van der Waals surface area contributed by atoms with Crippen molar-refractivity contribution in [3.05, 3.63) is 49.6 Å². The van der Waals surface area contributed by atoms with Gasteiger partial charge in [0.1, 0.15) is 11.5 Å². The highest BCUT2D eigenvalue weighted by Crippen LogP contribution is 2.28. The zero-order valence-electron chi connectivity index (χ0n) is 10.2. The number of carbonyl (C=O) groups is 1. The summed E-state index contributed by atoms with van der Waals surface area (Å²) in [5.41, 5.74) is 0.632. The molecule has 0 spiro atoms. The van der Waals surface area contributed by atoms with Crippen LogP contribution in [0.1, 0.15) is 20.1 Å². The number of aromatic carboxylic acids is 1. The monoisotopic (exact) mass is 362 g/mol. The predicted octanol–water partition coefficient (Wildman–Crippen LogP) is 4.37. The molecule has 0 atom stereocenters. The standard InChI is InChI=1S/C13H9BrF2O3S/c1-6-7(2-11(20-6)13(17)18)5-19-10-4-8(14)3-9(15)12(10)16/h2-4H,5H2,1H3,(H,17,18). The Hall–Kier alpha value is -1.47. The van der Waals surface area contributed by atoms with Gasteiger partial charge >= 0.3 is 5.97 Å². The maximum atomic E-state index is 13.5. The highest BCUT2D eigenvalue weighted by Gasteiger charge is 2.14. The minimum Gasteiger partial charge on any atom is -0.486 e. The molecular formula is C13H9BrF2O3S. The molecule has 1 N–H and O–H groups in total. The Labute approximate surface area is 125 Å². The number of ether oxygens (including phenoxy) is 1. The summed E-state index contributed by atoms with van der Waals surface area (Å²) in [5.74, 6) is -3.33. The molecule has 0 bridgehead atoms. The number of thiophene rings is 1. The molecule has 7 heteroatoms. The Morgan fingerprint density at radius 2 is 2.10 bits per heavy atom. The van der Waals surface area contributed by atoms with E-state index in [4.69, 9.17) is 9.84 Å². The maximum Gasteiger partial charge on any atom is 0.345 e. The molecule has 1 heterocycles. The van der Waals surface area contributed by atoms with Gasteiger partial charge in [-0.05, 0) is 25.1 Å². The Bertz CT molecular complexity index is 670. The van der Waals surface area contributed by atoms with Crippen LogP contribution in [-0.4, -0.2) is 11.1 Å². The molecule has 2 aromatic rings. The zero-order valence-corrected chi connectivity index (χ0v) is 12.6. The first-order valence-electron chi connectivity index (χ1n) is 5.48. The number of hydrogen-bond acceptors (Lipinski definition) is 3. The number of hydrogen-bond donors (Lipinski definition) is 1. The van der Waals surface area contributed by atoms with Crippen LogP contribution in [0.4, 0.5) is 8.78 Å². The highest BCUT2D eigenvalue weighted by atomic mass is 79.9. The highest BCUT2D eigenvalue weighted by molar-refractivity contribution is 9.10. The van der Waals surface area contributed by atoms with Crippen LogP contribution in [0.25, 0.3) is 0 Å². The van der Waals surface area contributed by atoms with Crippen molar-refractivity contribution in [2.75, 3.05) is 0 Å². The summed E-state index contributed by atoms with van der Waals surface area (Å²) in [5, 5.41) is 8.88. The van der Waals surface area contributed by atoms with E-state index < -0.39 is 17.6 Å². The van der Waals surface area contributed by atoms with E-state index in [2.05, 4.69) is 15.9 Å². The second-order valence-corrected chi connectivity index (χ2v) is 6.16. The van der Waals surface area contributed by atoms with Crippen LogP contribution in [0.15, 0.2) is 22.7 Å². The minimum absolute atomic E-state index is 0.0254. The Kier molecular flexibility index (Phi) is 4.39. The van der Waals surface area contributed by atoms with Crippen molar-refractivity contribution in [2.45, 2.75) is 13.5 Å². The summed E-state index contributed by atoms with van der Waals surface area (Å²) in [6, 6.07) is 3.79. The van der Waals surface area contributed by atoms with Crippen molar-refractivity contribution in [1.82, 2.24) is 0 Å². The van der Waals surface area contributed by atoms with E-state index in [9.17, 15) is 13.6 Å². The number of aryl methyl sites for hydroxylation is 1. The molecule has 0 radical (unpaired) electrons. The number of benzene rings is 1. The first kappa shape index (κ1) is 14.9. The van der Waals surface area contributed by atoms with Gasteiger partial charge in [0.15, 0.2) is 11.6 Å². The van der Waals surface area contributed by atoms with Crippen LogP contribution in [0.2, 0.25) is 0 Å². The topological polar surface area (TPSA) is 46.5 Å². The predicted molar refractivity (Wildman–Crippen MR) is 74.4 cm³/mol. The van der Waals surface area contributed by atoms with Crippen molar-refractivity contribution in [2.24, 2.45) is 0 Å². The average molecular weight is 363 g/mol. The van der Waals surface area contributed by atoms with Gasteiger partial charge in [-0.3, -0.25) is 0 Å². The first-order chi connectivity index (χ1) is 9.38. The fraction of sp³-hybridized carbons (Fsp3) is 0.154. The smallest absolute Gasteiger partial charge is 0.345 e. The molecule has 1 aromatic carbocycles. The average Bonchev–Trinajstić information content (AvgIpc) is 2.74. The largest absolute Gasteiger partial charge is 0.486 e. The molecule has 0 unspecified atom stereocenters. The SMILES string of the molecule is Cc1sc(C(=O)O)cc1COc1cc(Br)cc(F)c1F. The lowest BCUT2D eigenvalue weighted by Gasteiger charge is -2.08. The molecule has 0 saturated carbocycles. The third-order valence-electron chi connectivity index (χ3n) is 2.57. The van der Waals surface area contributed by atoms with Crippen LogP contribution in [0.3, 0.4) is 0 Å². The lowest BCUT2D eigenvalue weighted by atomic mass is 10.2. The lowest BCUT2D eigenvalue weighted by molar-refractivity contribution is 0.0702. The van der Waals surface area contributed by atoms with Gasteiger partial charge in [0.05, 0.1) is 0 Å². The van der Waals surface area contributed by atoms with Crippen LogP contribution in [0, 0.1) is 18.6 Å². The second-order valence-electron chi connectivity index (χ2n) is 3.99. The third-order valence-corrected chi connectivity index (χ3v) is 4.11. The fourth-order valence-corrected chi connectivity index (χ4v) is 2.84. The maximum absolute atomic E-state index is 13.5.